The molecule has 0 saturated carbocycles. The normalized spacial score (nSPS) is 13.0. The number of carboxylic acids is 1. The van der Waals surface area contributed by atoms with E-state index in [1.54, 1.807) is 0 Å². The second-order valence-electron chi connectivity index (χ2n) is 13.8. The lowest BCUT2D eigenvalue weighted by Crippen LogP contribution is -2.37. The van der Waals surface area contributed by atoms with Gasteiger partial charge < -0.3 is 15.0 Å². The molecule has 0 aliphatic carbocycles. The second kappa shape index (κ2) is 17.8. The Morgan fingerprint density at radius 1 is 0.692 bits per heavy atom. The van der Waals surface area contributed by atoms with E-state index < -0.39 is 11.9 Å². The average Bonchev–Trinajstić information content (AvgIpc) is 2.83. The third-order valence-corrected chi connectivity index (χ3v) is 7.93. The minimum atomic E-state index is -1.30. The van der Waals surface area contributed by atoms with Crippen molar-refractivity contribution in [3.8, 4) is 5.75 Å². The molecule has 1 unspecified atom stereocenters. The molecule has 0 heterocycles. The molecule has 224 valence electrons. The molecule has 0 bridgehead atoms. The van der Waals surface area contributed by atoms with Gasteiger partial charge in [-0.15, -0.1) is 0 Å². The third-order valence-electron chi connectivity index (χ3n) is 7.93. The van der Waals surface area contributed by atoms with Crippen molar-refractivity contribution in [3.05, 3.63) is 28.8 Å². The molecule has 0 saturated heterocycles. The van der Waals surface area contributed by atoms with Crippen molar-refractivity contribution in [2.24, 2.45) is 5.92 Å². The minimum Gasteiger partial charge on any atom is -0.549 e. The lowest BCUT2D eigenvalue weighted by atomic mass is 9.77. The van der Waals surface area contributed by atoms with E-state index >= 15 is 0 Å². The largest absolute Gasteiger partial charge is 0.549 e. The van der Waals surface area contributed by atoms with Gasteiger partial charge in [-0.3, -0.25) is 4.79 Å². The Morgan fingerprint density at radius 2 is 1.05 bits per heavy atom. The number of carbonyl (C=O) groups excluding carboxylic acids is 2. The number of Topliss-reactive ketones (excluding diaryl/α,β-unsaturated/α-hetero) is 1. The smallest absolute Gasteiger partial charge is 0.141 e. The number of benzene rings is 1. The molecule has 1 aromatic carbocycles. The van der Waals surface area contributed by atoms with E-state index in [1.165, 1.54) is 77.0 Å². The highest BCUT2D eigenvalue weighted by Gasteiger charge is 2.28. The van der Waals surface area contributed by atoms with Gasteiger partial charge in [0.05, 0.1) is 11.9 Å². The van der Waals surface area contributed by atoms with Crippen LogP contribution in [0.3, 0.4) is 0 Å². The van der Waals surface area contributed by atoms with Gasteiger partial charge in [0.15, 0.2) is 0 Å². The minimum absolute atomic E-state index is 0.104. The zero-order valence-corrected chi connectivity index (χ0v) is 26.4. The van der Waals surface area contributed by atoms with Crippen LogP contribution >= 0.6 is 0 Å². The molecule has 0 fully saturated rings. The molecule has 39 heavy (non-hydrogen) atoms. The van der Waals surface area contributed by atoms with Gasteiger partial charge in [0.25, 0.3) is 0 Å². The highest BCUT2D eigenvalue weighted by molar-refractivity contribution is 5.97. The summed E-state index contributed by atoms with van der Waals surface area (Å²) >= 11 is 0. The molecular weight excluding hydrogens is 484 g/mol. The molecule has 0 aliphatic rings. The van der Waals surface area contributed by atoms with Crippen LogP contribution in [0.4, 0.5) is 0 Å². The molecule has 0 spiro atoms. The van der Waals surface area contributed by atoms with Crippen LogP contribution in [-0.4, -0.2) is 16.9 Å². The van der Waals surface area contributed by atoms with E-state index in [1.807, 2.05) is 53.7 Å². The topological polar surface area (TPSA) is 77.4 Å². The van der Waals surface area contributed by atoms with Gasteiger partial charge in [-0.25, -0.2) is 0 Å². The zero-order chi connectivity index (χ0) is 29.5. The van der Waals surface area contributed by atoms with Gasteiger partial charge in [0.2, 0.25) is 0 Å². The Bertz CT molecular complexity index is 821. The number of ketones is 1. The highest BCUT2D eigenvalue weighted by atomic mass is 16.4. The maximum absolute atomic E-state index is 12.9. The molecule has 1 atom stereocenters. The predicted molar refractivity (Wildman–Crippen MR) is 162 cm³/mol. The van der Waals surface area contributed by atoms with Crippen molar-refractivity contribution >= 4 is 11.8 Å². The predicted octanol–water partition coefficient (Wildman–Crippen LogP) is 8.73. The number of hydrogen-bond acceptors (Lipinski definition) is 4. The van der Waals surface area contributed by atoms with E-state index in [2.05, 4.69) is 6.92 Å². The summed E-state index contributed by atoms with van der Waals surface area (Å²) in [5.41, 5.74) is 1.69. The van der Waals surface area contributed by atoms with Crippen LogP contribution in [-0.2, 0) is 26.8 Å². The maximum Gasteiger partial charge on any atom is 0.141 e. The average molecular weight is 544 g/mol. The Hall–Kier alpha value is -1.84. The van der Waals surface area contributed by atoms with Crippen molar-refractivity contribution < 1.29 is 19.8 Å². The van der Waals surface area contributed by atoms with Crippen molar-refractivity contribution in [1.82, 2.24) is 0 Å². The number of rotatable bonds is 20. The summed E-state index contributed by atoms with van der Waals surface area (Å²) in [6.45, 7) is 14.4. The molecule has 0 aliphatic heterocycles. The number of aromatic hydroxyl groups is 1. The van der Waals surface area contributed by atoms with Crippen molar-refractivity contribution in [2.75, 3.05) is 0 Å². The first-order valence-electron chi connectivity index (χ1n) is 15.9. The Kier molecular flexibility index (Phi) is 16.0. The number of aliphatic carboxylic acids is 1. The molecule has 0 amide bonds. The Morgan fingerprint density at radius 3 is 1.38 bits per heavy atom. The van der Waals surface area contributed by atoms with Gasteiger partial charge in [-0.05, 0) is 40.4 Å². The summed E-state index contributed by atoms with van der Waals surface area (Å²) in [6.07, 6.45) is 19.2. The molecule has 4 nitrogen and oxygen atoms in total. The maximum atomic E-state index is 12.9. The number of hydrogen-bond donors (Lipinski definition) is 1. The van der Waals surface area contributed by atoms with Crippen molar-refractivity contribution in [3.63, 3.8) is 0 Å². The van der Waals surface area contributed by atoms with Crippen LogP contribution in [0.25, 0.3) is 0 Å². The number of carbonyl (C=O) groups is 2. The van der Waals surface area contributed by atoms with Gasteiger partial charge in [-0.2, -0.15) is 0 Å². The summed E-state index contributed by atoms with van der Waals surface area (Å²) in [4.78, 5) is 24.8. The Balaban J connectivity index is 2.45. The SMILES string of the molecule is CCCCCCCCCCCCCCCCCC(=O)C(Cc1cc(C(C)(C)C)c(O)c(C(C)(C)C)c1)C(=O)[O-]. The molecule has 1 aromatic rings. The number of carboxylic acid groups (broad SMARTS) is 1. The van der Waals surface area contributed by atoms with Gasteiger partial charge in [0, 0.05) is 6.42 Å². The summed E-state index contributed by atoms with van der Waals surface area (Å²) in [5, 5.41) is 22.9. The van der Waals surface area contributed by atoms with E-state index in [0.717, 1.165) is 36.0 Å². The lowest BCUT2D eigenvalue weighted by molar-refractivity contribution is -0.309. The fraction of sp³-hybridized carbons (Fsp3) is 0.771. The number of phenols is 1. The lowest BCUT2D eigenvalue weighted by Gasteiger charge is -2.29. The summed E-state index contributed by atoms with van der Waals surface area (Å²) in [7, 11) is 0. The first-order chi connectivity index (χ1) is 18.3. The van der Waals surface area contributed by atoms with Crippen LogP contribution in [0.15, 0.2) is 12.1 Å². The molecule has 1 N–H and O–H groups in total. The van der Waals surface area contributed by atoms with Crippen LogP contribution in [0.2, 0.25) is 0 Å². The summed E-state index contributed by atoms with van der Waals surface area (Å²) < 4.78 is 0. The number of phenolic OH excluding ortho intramolecular Hbond substituents is 1. The fourth-order valence-electron chi connectivity index (χ4n) is 5.36. The van der Waals surface area contributed by atoms with E-state index in [4.69, 9.17) is 0 Å². The van der Waals surface area contributed by atoms with Gasteiger partial charge >= 0.3 is 0 Å². The molecule has 1 rings (SSSR count). The van der Waals surface area contributed by atoms with E-state index in [0.29, 0.717) is 0 Å². The third kappa shape index (κ3) is 13.9. The molecule has 0 radical (unpaired) electrons. The van der Waals surface area contributed by atoms with Crippen LogP contribution < -0.4 is 5.11 Å². The second-order valence-corrected chi connectivity index (χ2v) is 13.8. The van der Waals surface area contributed by atoms with Gasteiger partial charge in [-0.1, -0.05) is 150 Å². The highest BCUT2D eigenvalue weighted by Crippen LogP contribution is 2.40. The summed E-state index contributed by atoms with van der Waals surface area (Å²) in [6, 6.07) is 3.73. The van der Waals surface area contributed by atoms with Crippen LogP contribution in [0.1, 0.15) is 168 Å². The first-order valence-corrected chi connectivity index (χ1v) is 15.9. The molecule has 0 aromatic heterocycles. The zero-order valence-electron chi connectivity index (χ0n) is 26.4. The fourth-order valence-corrected chi connectivity index (χ4v) is 5.36. The quantitative estimate of drug-likeness (QED) is 0.132. The first kappa shape index (κ1) is 35.2. The van der Waals surface area contributed by atoms with Crippen LogP contribution in [0, 0.1) is 5.92 Å². The monoisotopic (exact) mass is 543 g/mol. The summed E-state index contributed by atoms with van der Waals surface area (Å²) in [5.74, 6) is -2.44. The Labute approximate surface area is 240 Å². The van der Waals surface area contributed by atoms with E-state index in [9.17, 15) is 19.8 Å². The standard InChI is InChI=1S/C35H60O4/c1-8-9-10-11-12-13-14-15-16-17-18-19-20-21-22-23-31(36)28(33(38)39)24-27-25-29(34(2,3)4)32(37)30(26-27)35(5,6)7/h25-26,28,37H,8-24H2,1-7H3,(H,38,39)/p-1. The van der Waals surface area contributed by atoms with Gasteiger partial charge in [0.1, 0.15) is 11.5 Å². The van der Waals surface area contributed by atoms with Crippen LogP contribution in [0.5, 0.6) is 5.75 Å². The molecule has 4 heteroatoms. The van der Waals surface area contributed by atoms with E-state index in [-0.39, 0.29) is 35.2 Å². The number of unbranched alkanes of at least 4 members (excludes halogenated alkanes) is 14. The van der Waals surface area contributed by atoms with Crippen molar-refractivity contribution in [1.29, 1.82) is 0 Å². The van der Waals surface area contributed by atoms with Crippen molar-refractivity contribution in [2.45, 2.75) is 168 Å². The molecular formula is C35H59O4-.